The van der Waals surface area contributed by atoms with Crippen LogP contribution in [0.1, 0.15) is 28.9 Å². The summed E-state index contributed by atoms with van der Waals surface area (Å²) in [5, 5.41) is 2.91. The molecule has 1 atom stereocenters. The number of aromatic nitrogens is 1. The molecule has 1 unspecified atom stereocenters. The molecule has 26 heavy (non-hydrogen) atoms. The fourth-order valence-electron chi connectivity index (χ4n) is 2.71. The quantitative estimate of drug-likeness (QED) is 0.743. The lowest BCUT2D eigenvalue weighted by molar-refractivity contribution is 0.0937. The Labute approximate surface area is 151 Å². The van der Waals surface area contributed by atoms with E-state index in [-0.39, 0.29) is 17.8 Å². The van der Waals surface area contributed by atoms with Gasteiger partial charge in [0.1, 0.15) is 11.6 Å². The van der Waals surface area contributed by atoms with Crippen LogP contribution in [0.2, 0.25) is 0 Å². The van der Waals surface area contributed by atoms with E-state index in [4.69, 9.17) is 4.74 Å². The Hall–Kier alpha value is -3.21. The van der Waals surface area contributed by atoms with Crippen LogP contribution >= 0.6 is 0 Å². The SMILES string of the molecule is COc1cc(-c2ccncc2)ccc1C(=O)NC(C)c1ccc(F)cc1. The van der Waals surface area contributed by atoms with Crippen LogP contribution in [0.25, 0.3) is 11.1 Å². The van der Waals surface area contributed by atoms with Crippen LogP contribution in [0.3, 0.4) is 0 Å². The smallest absolute Gasteiger partial charge is 0.255 e. The summed E-state index contributed by atoms with van der Waals surface area (Å²) in [5.74, 6) is -0.0660. The van der Waals surface area contributed by atoms with Gasteiger partial charge in [-0.1, -0.05) is 18.2 Å². The third kappa shape index (κ3) is 3.88. The zero-order valence-corrected chi connectivity index (χ0v) is 14.6. The summed E-state index contributed by atoms with van der Waals surface area (Å²) >= 11 is 0. The molecule has 1 aromatic heterocycles. The Bertz CT molecular complexity index is 896. The lowest BCUT2D eigenvalue weighted by Crippen LogP contribution is -2.27. The molecule has 0 radical (unpaired) electrons. The van der Waals surface area contributed by atoms with Gasteiger partial charge in [-0.05, 0) is 60.0 Å². The first-order valence-corrected chi connectivity index (χ1v) is 8.23. The van der Waals surface area contributed by atoms with Gasteiger partial charge in [0.15, 0.2) is 0 Å². The number of benzene rings is 2. The summed E-state index contributed by atoms with van der Waals surface area (Å²) in [6, 6.07) is 15.0. The van der Waals surface area contributed by atoms with E-state index in [9.17, 15) is 9.18 Å². The van der Waals surface area contributed by atoms with E-state index >= 15 is 0 Å². The van der Waals surface area contributed by atoms with Crippen molar-refractivity contribution in [3.05, 3.63) is 83.9 Å². The van der Waals surface area contributed by atoms with E-state index < -0.39 is 0 Å². The maximum Gasteiger partial charge on any atom is 0.255 e. The molecule has 0 spiro atoms. The number of nitrogens with zero attached hydrogens (tertiary/aromatic N) is 1. The van der Waals surface area contributed by atoms with Crippen molar-refractivity contribution in [1.82, 2.24) is 10.3 Å². The summed E-state index contributed by atoms with van der Waals surface area (Å²) in [4.78, 5) is 16.7. The Kier molecular flexibility index (Phi) is 5.27. The maximum atomic E-state index is 13.0. The summed E-state index contributed by atoms with van der Waals surface area (Å²) < 4.78 is 18.5. The van der Waals surface area contributed by atoms with Gasteiger partial charge in [-0.15, -0.1) is 0 Å². The number of ether oxygens (including phenoxy) is 1. The minimum atomic E-state index is -0.305. The number of halogens is 1. The third-order valence-electron chi connectivity index (χ3n) is 4.18. The Morgan fingerprint density at radius 1 is 1.04 bits per heavy atom. The fourth-order valence-corrected chi connectivity index (χ4v) is 2.71. The van der Waals surface area contributed by atoms with Crippen molar-refractivity contribution >= 4 is 5.91 Å². The number of carbonyl (C=O) groups is 1. The molecular weight excluding hydrogens is 331 g/mol. The highest BCUT2D eigenvalue weighted by molar-refractivity contribution is 5.97. The highest BCUT2D eigenvalue weighted by atomic mass is 19.1. The molecule has 0 aliphatic heterocycles. The molecule has 1 amide bonds. The Balaban J connectivity index is 1.81. The van der Waals surface area contributed by atoms with Crippen LogP contribution in [0.4, 0.5) is 4.39 Å². The van der Waals surface area contributed by atoms with E-state index in [2.05, 4.69) is 10.3 Å². The van der Waals surface area contributed by atoms with Gasteiger partial charge in [0, 0.05) is 12.4 Å². The van der Waals surface area contributed by atoms with Crippen LogP contribution in [0, 0.1) is 5.82 Å². The van der Waals surface area contributed by atoms with Crippen molar-refractivity contribution in [2.75, 3.05) is 7.11 Å². The molecule has 2 aromatic carbocycles. The van der Waals surface area contributed by atoms with Crippen molar-refractivity contribution in [2.24, 2.45) is 0 Å². The molecule has 0 saturated heterocycles. The molecule has 0 aliphatic carbocycles. The average molecular weight is 350 g/mol. The summed E-state index contributed by atoms with van der Waals surface area (Å²) in [6.45, 7) is 1.85. The van der Waals surface area contributed by atoms with Crippen molar-refractivity contribution in [3.8, 4) is 16.9 Å². The van der Waals surface area contributed by atoms with Crippen LogP contribution in [0.5, 0.6) is 5.75 Å². The van der Waals surface area contributed by atoms with Gasteiger partial charge in [-0.25, -0.2) is 4.39 Å². The first-order valence-electron chi connectivity index (χ1n) is 8.23. The molecule has 1 N–H and O–H groups in total. The molecule has 0 bridgehead atoms. The van der Waals surface area contributed by atoms with Crippen LogP contribution in [-0.2, 0) is 0 Å². The second-order valence-corrected chi connectivity index (χ2v) is 5.90. The van der Waals surface area contributed by atoms with Crippen molar-refractivity contribution in [1.29, 1.82) is 0 Å². The number of nitrogens with one attached hydrogen (secondary N) is 1. The van der Waals surface area contributed by atoms with Crippen LogP contribution in [0.15, 0.2) is 67.0 Å². The molecule has 1 heterocycles. The van der Waals surface area contributed by atoms with Crippen molar-refractivity contribution in [3.63, 3.8) is 0 Å². The predicted molar refractivity (Wildman–Crippen MR) is 98.5 cm³/mol. The van der Waals surface area contributed by atoms with Gasteiger partial charge in [0.25, 0.3) is 5.91 Å². The monoisotopic (exact) mass is 350 g/mol. The molecule has 132 valence electrons. The first-order chi connectivity index (χ1) is 12.6. The maximum absolute atomic E-state index is 13.0. The number of carbonyl (C=O) groups excluding carboxylic acids is 1. The summed E-state index contributed by atoms with van der Waals surface area (Å²) in [5.41, 5.74) is 3.20. The molecule has 0 saturated carbocycles. The highest BCUT2D eigenvalue weighted by Gasteiger charge is 2.16. The zero-order valence-electron chi connectivity index (χ0n) is 14.6. The molecule has 3 rings (SSSR count). The van der Waals surface area contributed by atoms with Crippen molar-refractivity contribution in [2.45, 2.75) is 13.0 Å². The number of methoxy groups -OCH3 is 1. The van der Waals surface area contributed by atoms with E-state index in [1.54, 1.807) is 30.6 Å². The molecule has 5 heteroatoms. The average Bonchev–Trinajstić information content (AvgIpc) is 2.68. The molecule has 3 aromatic rings. The standard InChI is InChI=1S/C21H19FN2O2/c1-14(15-3-6-18(22)7-4-15)24-21(25)19-8-5-17(13-20(19)26-2)16-9-11-23-12-10-16/h3-14H,1-2H3,(H,24,25). The first kappa shape index (κ1) is 17.6. The summed E-state index contributed by atoms with van der Waals surface area (Å²) in [7, 11) is 1.53. The lowest BCUT2D eigenvalue weighted by atomic mass is 10.0. The van der Waals surface area contributed by atoms with Gasteiger partial charge in [0.05, 0.1) is 18.7 Å². The van der Waals surface area contributed by atoms with Crippen molar-refractivity contribution < 1.29 is 13.9 Å². The number of hydrogen-bond acceptors (Lipinski definition) is 3. The largest absolute Gasteiger partial charge is 0.496 e. The van der Waals surface area contributed by atoms with Gasteiger partial charge in [-0.2, -0.15) is 0 Å². The number of amides is 1. The second kappa shape index (κ2) is 7.78. The van der Waals surface area contributed by atoms with Gasteiger partial charge in [-0.3, -0.25) is 9.78 Å². The van der Waals surface area contributed by atoms with Crippen LogP contribution < -0.4 is 10.1 Å². The predicted octanol–water partition coefficient (Wildman–Crippen LogP) is 4.39. The topological polar surface area (TPSA) is 51.2 Å². The minimum absolute atomic E-state index is 0.250. The highest BCUT2D eigenvalue weighted by Crippen LogP contribution is 2.27. The lowest BCUT2D eigenvalue weighted by Gasteiger charge is -2.16. The minimum Gasteiger partial charge on any atom is -0.496 e. The van der Waals surface area contributed by atoms with E-state index in [1.807, 2.05) is 31.2 Å². The number of pyridine rings is 1. The molecule has 0 fully saturated rings. The molecule has 4 nitrogen and oxygen atoms in total. The van der Waals surface area contributed by atoms with E-state index in [1.165, 1.54) is 19.2 Å². The van der Waals surface area contributed by atoms with Crippen LogP contribution in [-0.4, -0.2) is 18.0 Å². The molecular formula is C21H19FN2O2. The fraction of sp³-hybridized carbons (Fsp3) is 0.143. The molecule has 0 aliphatic rings. The van der Waals surface area contributed by atoms with Gasteiger partial charge >= 0.3 is 0 Å². The second-order valence-electron chi connectivity index (χ2n) is 5.90. The summed E-state index contributed by atoms with van der Waals surface area (Å²) in [6.07, 6.45) is 3.43. The van der Waals surface area contributed by atoms with E-state index in [0.717, 1.165) is 16.7 Å². The Morgan fingerprint density at radius 3 is 2.38 bits per heavy atom. The number of rotatable bonds is 5. The number of hydrogen-bond donors (Lipinski definition) is 1. The van der Waals surface area contributed by atoms with E-state index in [0.29, 0.717) is 11.3 Å². The normalized spacial score (nSPS) is 11.7. The van der Waals surface area contributed by atoms with Gasteiger partial charge in [0.2, 0.25) is 0 Å². The third-order valence-corrected chi connectivity index (χ3v) is 4.18. The van der Waals surface area contributed by atoms with Gasteiger partial charge < -0.3 is 10.1 Å². The Morgan fingerprint density at radius 2 is 1.73 bits per heavy atom. The zero-order chi connectivity index (χ0) is 18.5.